The van der Waals surface area contributed by atoms with Crippen molar-refractivity contribution < 1.29 is 19.2 Å². The molecule has 1 aromatic carbocycles. The molecule has 0 saturated carbocycles. The van der Waals surface area contributed by atoms with Gasteiger partial charge in [0, 0.05) is 6.07 Å². The Hall–Kier alpha value is -2.11. The Bertz CT molecular complexity index is 455. The van der Waals surface area contributed by atoms with Crippen LogP contribution in [0.25, 0.3) is 0 Å². The lowest BCUT2D eigenvalue weighted by Gasteiger charge is -2.10. The van der Waals surface area contributed by atoms with E-state index in [1.165, 1.54) is 26.2 Å². The van der Waals surface area contributed by atoms with Crippen molar-refractivity contribution in [1.82, 2.24) is 0 Å². The fourth-order valence-corrected chi connectivity index (χ4v) is 1.41. The molecule has 0 fully saturated rings. The molecule has 1 aromatic rings. The van der Waals surface area contributed by atoms with Crippen molar-refractivity contribution >= 4 is 11.5 Å². The maximum absolute atomic E-state index is 11.3. The second kappa shape index (κ2) is 5.29. The number of hydrogen-bond donors (Lipinski definition) is 0. The van der Waals surface area contributed by atoms with E-state index in [4.69, 9.17) is 9.47 Å². The molecule has 0 N–H and O–H groups in total. The van der Waals surface area contributed by atoms with Crippen molar-refractivity contribution in [2.45, 2.75) is 13.8 Å². The Labute approximate surface area is 98.3 Å². The first-order chi connectivity index (χ1) is 8.01. The van der Waals surface area contributed by atoms with E-state index < -0.39 is 4.92 Å². The van der Waals surface area contributed by atoms with Gasteiger partial charge in [-0.2, -0.15) is 0 Å². The lowest BCUT2D eigenvalue weighted by molar-refractivity contribution is -0.385. The van der Waals surface area contributed by atoms with Crippen LogP contribution in [-0.4, -0.2) is 24.4 Å². The molecule has 0 atom stereocenters. The summed E-state index contributed by atoms with van der Waals surface area (Å²) in [6, 6.07) is 2.53. The third kappa shape index (κ3) is 2.72. The number of carbonyl (C=O) groups excluding carboxylic acids is 1. The number of ether oxygens (including phenoxy) is 2. The van der Waals surface area contributed by atoms with Crippen molar-refractivity contribution in [1.29, 1.82) is 0 Å². The first kappa shape index (κ1) is 13.0. The molecular weight excluding hydrogens is 226 g/mol. The fourth-order valence-electron chi connectivity index (χ4n) is 1.41. The number of methoxy groups -OCH3 is 1. The summed E-state index contributed by atoms with van der Waals surface area (Å²) in [5, 5.41) is 10.8. The van der Waals surface area contributed by atoms with E-state index in [0.29, 0.717) is 12.4 Å². The molecule has 0 aliphatic heterocycles. The molecule has 0 amide bonds. The van der Waals surface area contributed by atoms with Crippen molar-refractivity contribution in [3.63, 3.8) is 0 Å². The van der Waals surface area contributed by atoms with Crippen LogP contribution in [0, 0.1) is 10.1 Å². The minimum absolute atomic E-state index is 0.0132. The second-order valence-electron chi connectivity index (χ2n) is 3.27. The molecule has 0 unspecified atom stereocenters. The van der Waals surface area contributed by atoms with Gasteiger partial charge >= 0.3 is 0 Å². The summed E-state index contributed by atoms with van der Waals surface area (Å²) in [6.45, 7) is 3.42. The second-order valence-corrected chi connectivity index (χ2v) is 3.27. The molecule has 6 heteroatoms. The van der Waals surface area contributed by atoms with Gasteiger partial charge in [0.2, 0.25) is 0 Å². The average Bonchev–Trinajstić information content (AvgIpc) is 2.28. The fraction of sp³-hybridized carbons (Fsp3) is 0.364. The van der Waals surface area contributed by atoms with Crippen molar-refractivity contribution in [2.75, 3.05) is 13.7 Å². The van der Waals surface area contributed by atoms with Gasteiger partial charge in [-0.15, -0.1) is 0 Å². The summed E-state index contributed by atoms with van der Waals surface area (Å²) >= 11 is 0. The number of nitro benzene ring substituents is 1. The maximum Gasteiger partial charge on any atom is 0.284 e. The number of carbonyl (C=O) groups is 1. The zero-order valence-corrected chi connectivity index (χ0v) is 9.85. The number of Topliss-reactive ketones (excluding diaryl/α,β-unsaturated/α-hetero) is 1. The maximum atomic E-state index is 11.3. The van der Waals surface area contributed by atoms with Gasteiger partial charge in [-0.1, -0.05) is 0 Å². The number of ketones is 1. The van der Waals surface area contributed by atoms with Crippen molar-refractivity contribution in [2.24, 2.45) is 0 Å². The van der Waals surface area contributed by atoms with Gasteiger partial charge < -0.3 is 9.47 Å². The minimum Gasteiger partial charge on any atom is -0.493 e. The van der Waals surface area contributed by atoms with Crippen LogP contribution in [0.1, 0.15) is 24.2 Å². The van der Waals surface area contributed by atoms with E-state index in [2.05, 4.69) is 0 Å². The van der Waals surface area contributed by atoms with E-state index in [0.717, 1.165) is 0 Å². The molecule has 0 radical (unpaired) electrons. The van der Waals surface area contributed by atoms with Crippen molar-refractivity contribution in [3.05, 3.63) is 27.8 Å². The zero-order valence-electron chi connectivity index (χ0n) is 9.85. The van der Waals surface area contributed by atoms with Crippen LogP contribution >= 0.6 is 0 Å². The van der Waals surface area contributed by atoms with Crippen LogP contribution in [0.5, 0.6) is 11.5 Å². The van der Waals surface area contributed by atoms with Gasteiger partial charge in [0.15, 0.2) is 17.3 Å². The van der Waals surface area contributed by atoms with Gasteiger partial charge in [-0.25, -0.2) is 0 Å². The Kier molecular flexibility index (Phi) is 4.03. The first-order valence-electron chi connectivity index (χ1n) is 5.01. The number of rotatable bonds is 5. The van der Waals surface area contributed by atoms with Gasteiger partial charge in [-0.05, 0) is 13.8 Å². The number of nitrogens with zero attached hydrogens (tertiary/aromatic N) is 1. The third-order valence-corrected chi connectivity index (χ3v) is 2.16. The summed E-state index contributed by atoms with van der Waals surface area (Å²) < 4.78 is 10.2. The molecule has 0 aromatic heterocycles. The van der Waals surface area contributed by atoms with Gasteiger partial charge in [0.1, 0.15) is 0 Å². The first-order valence-corrected chi connectivity index (χ1v) is 5.01. The standard InChI is InChI=1S/C11H13NO5/c1-4-17-11-5-8(7(2)13)9(12(14)15)6-10(11)16-3/h5-6H,4H2,1-3H3. The molecule has 6 nitrogen and oxygen atoms in total. The highest BCUT2D eigenvalue weighted by molar-refractivity contribution is 5.98. The van der Waals surface area contributed by atoms with E-state index >= 15 is 0 Å². The Morgan fingerprint density at radius 3 is 2.47 bits per heavy atom. The lowest BCUT2D eigenvalue weighted by atomic mass is 10.1. The quantitative estimate of drug-likeness (QED) is 0.447. The van der Waals surface area contributed by atoms with E-state index in [1.807, 2.05) is 0 Å². The molecule has 92 valence electrons. The smallest absolute Gasteiger partial charge is 0.284 e. The van der Waals surface area contributed by atoms with Crippen LogP contribution in [0.3, 0.4) is 0 Å². The Morgan fingerprint density at radius 1 is 1.41 bits per heavy atom. The summed E-state index contributed by atoms with van der Waals surface area (Å²) in [5.74, 6) is 0.176. The van der Waals surface area contributed by atoms with Gasteiger partial charge in [-0.3, -0.25) is 14.9 Å². The molecular formula is C11H13NO5. The van der Waals surface area contributed by atoms with E-state index in [9.17, 15) is 14.9 Å². The highest BCUT2D eigenvalue weighted by atomic mass is 16.6. The summed E-state index contributed by atoms with van der Waals surface area (Å²) in [4.78, 5) is 21.5. The summed E-state index contributed by atoms with van der Waals surface area (Å²) in [7, 11) is 1.38. The van der Waals surface area contributed by atoms with E-state index in [-0.39, 0.29) is 22.8 Å². The zero-order chi connectivity index (χ0) is 13.0. The molecule has 0 spiro atoms. The van der Waals surface area contributed by atoms with Crippen LogP contribution in [0.4, 0.5) is 5.69 Å². The molecule has 17 heavy (non-hydrogen) atoms. The molecule has 0 bridgehead atoms. The number of hydrogen-bond acceptors (Lipinski definition) is 5. The Morgan fingerprint density at radius 2 is 2.06 bits per heavy atom. The minimum atomic E-state index is -0.616. The molecule has 1 rings (SSSR count). The number of nitro groups is 1. The molecule has 0 aliphatic carbocycles. The topological polar surface area (TPSA) is 78.7 Å². The summed E-state index contributed by atoms with van der Waals surface area (Å²) in [6.07, 6.45) is 0. The highest BCUT2D eigenvalue weighted by Crippen LogP contribution is 2.34. The predicted molar refractivity (Wildman–Crippen MR) is 60.8 cm³/mol. The largest absolute Gasteiger partial charge is 0.493 e. The monoisotopic (exact) mass is 239 g/mol. The SMILES string of the molecule is CCOc1cc(C(C)=O)c([N+](=O)[O-])cc1OC. The van der Waals surface area contributed by atoms with Crippen LogP contribution in [0.2, 0.25) is 0 Å². The highest BCUT2D eigenvalue weighted by Gasteiger charge is 2.22. The molecule has 0 heterocycles. The molecule has 0 saturated heterocycles. The van der Waals surface area contributed by atoms with Crippen LogP contribution in [0.15, 0.2) is 12.1 Å². The van der Waals surface area contributed by atoms with Crippen molar-refractivity contribution in [3.8, 4) is 11.5 Å². The summed E-state index contributed by atoms with van der Waals surface area (Å²) in [5.41, 5.74) is -0.267. The van der Waals surface area contributed by atoms with Gasteiger partial charge in [0.25, 0.3) is 5.69 Å². The van der Waals surface area contributed by atoms with Crippen LogP contribution < -0.4 is 9.47 Å². The predicted octanol–water partition coefficient (Wildman–Crippen LogP) is 2.20. The average molecular weight is 239 g/mol. The number of benzene rings is 1. The lowest BCUT2D eigenvalue weighted by Crippen LogP contribution is -2.03. The third-order valence-electron chi connectivity index (χ3n) is 2.16. The van der Waals surface area contributed by atoms with E-state index in [1.54, 1.807) is 6.92 Å². The Balaban J connectivity index is 3.42. The van der Waals surface area contributed by atoms with Crippen LogP contribution in [-0.2, 0) is 0 Å². The van der Waals surface area contributed by atoms with Gasteiger partial charge in [0.05, 0.1) is 30.3 Å². The normalized spacial score (nSPS) is 9.82. The molecule has 0 aliphatic rings.